The first-order valence-corrected chi connectivity index (χ1v) is 6.25. The molecule has 2 rings (SSSR count). The lowest BCUT2D eigenvalue weighted by molar-refractivity contribution is 0.753. The molecule has 0 fully saturated rings. The largest absolute Gasteiger partial charge is 0.394 e. The molecule has 1 aromatic carbocycles. The van der Waals surface area contributed by atoms with E-state index in [4.69, 9.17) is 17.3 Å². The van der Waals surface area contributed by atoms with E-state index in [1.165, 1.54) is 0 Å². The Balaban J connectivity index is 2.40. The Labute approximate surface area is 112 Å². The molecule has 1 heterocycles. The van der Waals surface area contributed by atoms with Crippen molar-refractivity contribution in [2.75, 3.05) is 11.1 Å². The lowest BCUT2D eigenvalue weighted by Gasteiger charge is -2.11. The van der Waals surface area contributed by atoms with E-state index in [2.05, 4.69) is 10.4 Å². The van der Waals surface area contributed by atoms with Gasteiger partial charge < -0.3 is 11.1 Å². The van der Waals surface area contributed by atoms with Crippen LogP contribution in [0.15, 0.2) is 18.2 Å². The molecular weight excluding hydrogens is 248 g/mol. The third-order valence-corrected chi connectivity index (χ3v) is 3.43. The summed E-state index contributed by atoms with van der Waals surface area (Å²) in [6, 6.07) is 5.75. The number of nitrogens with zero attached hydrogens (tertiary/aromatic N) is 2. The molecule has 0 unspecified atom stereocenters. The van der Waals surface area contributed by atoms with E-state index in [-0.39, 0.29) is 0 Å². The Morgan fingerprint density at radius 2 is 2.17 bits per heavy atom. The maximum Gasteiger partial charge on any atom is 0.152 e. The molecule has 0 radical (unpaired) electrons. The predicted octanol–water partition coefficient (Wildman–Crippen LogP) is 3.27. The summed E-state index contributed by atoms with van der Waals surface area (Å²) in [7, 11) is 1.87. The second-order valence-corrected chi connectivity index (χ2v) is 4.63. The van der Waals surface area contributed by atoms with E-state index in [1.807, 2.05) is 39.1 Å². The van der Waals surface area contributed by atoms with Crippen molar-refractivity contribution >= 4 is 28.8 Å². The number of halogens is 1. The van der Waals surface area contributed by atoms with Crippen LogP contribution in [-0.2, 0) is 13.5 Å². The highest BCUT2D eigenvalue weighted by atomic mass is 35.5. The summed E-state index contributed by atoms with van der Waals surface area (Å²) < 4.78 is 1.76. The van der Waals surface area contributed by atoms with Crippen LogP contribution >= 0.6 is 11.6 Å². The van der Waals surface area contributed by atoms with Crippen molar-refractivity contribution in [1.29, 1.82) is 0 Å². The number of nitrogen functional groups attached to an aromatic ring is 1. The Kier molecular flexibility index (Phi) is 3.48. The Morgan fingerprint density at radius 1 is 1.44 bits per heavy atom. The van der Waals surface area contributed by atoms with Gasteiger partial charge in [-0.3, -0.25) is 4.68 Å². The Bertz CT molecular complexity index is 575. The topological polar surface area (TPSA) is 55.9 Å². The molecule has 0 bridgehead atoms. The first-order valence-electron chi connectivity index (χ1n) is 5.88. The number of anilines is 3. The zero-order valence-electron chi connectivity index (χ0n) is 10.8. The van der Waals surface area contributed by atoms with Crippen LogP contribution in [0.4, 0.5) is 17.2 Å². The average molecular weight is 265 g/mol. The molecule has 0 saturated heterocycles. The van der Waals surface area contributed by atoms with Crippen molar-refractivity contribution in [1.82, 2.24) is 9.78 Å². The van der Waals surface area contributed by atoms with Crippen molar-refractivity contribution in [2.45, 2.75) is 20.3 Å². The zero-order chi connectivity index (χ0) is 13.3. The maximum atomic E-state index is 6.10. The highest BCUT2D eigenvalue weighted by Crippen LogP contribution is 2.30. The maximum absolute atomic E-state index is 6.10. The van der Waals surface area contributed by atoms with Crippen LogP contribution in [0.1, 0.15) is 18.2 Å². The Morgan fingerprint density at radius 3 is 2.78 bits per heavy atom. The van der Waals surface area contributed by atoms with Crippen LogP contribution in [0.25, 0.3) is 0 Å². The van der Waals surface area contributed by atoms with E-state index in [1.54, 1.807) is 4.68 Å². The van der Waals surface area contributed by atoms with Gasteiger partial charge in [0.15, 0.2) is 5.82 Å². The number of aromatic nitrogens is 2. The fourth-order valence-corrected chi connectivity index (χ4v) is 2.05. The smallest absolute Gasteiger partial charge is 0.152 e. The van der Waals surface area contributed by atoms with Crippen molar-refractivity contribution in [3.8, 4) is 0 Å². The number of hydrogen-bond acceptors (Lipinski definition) is 3. The lowest BCUT2D eigenvalue weighted by Crippen LogP contribution is -2.02. The van der Waals surface area contributed by atoms with Gasteiger partial charge in [-0.15, -0.1) is 0 Å². The molecule has 0 amide bonds. The first kappa shape index (κ1) is 12.8. The van der Waals surface area contributed by atoms with E-state index >= 15 is 0 Å². The predicted molar refractivity (Wildman–Crippen MR) is 76.5 cm³/mol. The third-order valence-electron chi connectivity index (χ3n) is 3.02. The summed E-state index contributed by atoms with van der Waals surface area (Å²) in [6.07, 6.45) is 0.815. The number of aryl methyl sites for hydroxylation is 2. The monoisotopic (exact) mass is 264 g/mol. The standard InChI is InChI=1S/C13H17ClN4/c1-4-10-12(15)13(18(3)17-10)16-11-7-5-6-9(14)8(11)2/h5-7,16H,4,15H2,1-3H3. The lowest BCUT2D eigenvalue weighted by atomic mass is 10.2. The van der Waals surface area contributed by atoms with Gasteiger partial charge >= 0.3 is 0 Å². The summed E-state index contributed by atoms with van der Waals surface area (Å²) >= 11 is 6.10. The second kappa shape index (κ2) is 4.90. The van der Waals surface area contributed by atoms with Gasteiger partial charge in [0.05, 0.1) is 11.4 Å². The fourth-order valence-electron chi connectivity index (χ4n) is 1.88. The quantitative estimate of drug-likeness (QED) is 0.895. The minimum absolute atomic E-state index is 0.694. The molecule has 0 atom stereocenters. The van der Waals surface area contributed by atoms with Crippen molar-refractivity contribution in [3.05, 3.63) is 34.5 Å². The summed E-state index contributed by atoms with van der Waals surface area (Å²) in [5.74, 6) is 0.803. The molecular formula is C13H17ClN4. The summed E-state index contributed by atoms with van der Waals surface area (Å²) in [5, 5.41) is 8.40. The number of nitrogens with two attached hydrogens (primary N) is 1. The van der Waals surface area contributed by atoms with Crippen LogP contribution in [0.5, 0.6) is 0 Å². The van der Waals surface area contributed by atoms with Gasteiger partial charge in [-0.1, -0.05) is 24.6 Å². The zero-order valence-corrected chi connectivity index (χ0v) is 11.5. The molecule has 0 aliphatic rings. The number of benzene rings is 1. The molecule has 0 spiro atoms. The van der Waals surface area contributed by atoms with Gasteiger partial charge in [0.25, 0.3) is 0 Å². The highest BCUT2D eigenvalue weighted by molar-refractivity contribution is 6.31. The minimum atomic E-state index is 0.694. The SMILES string of the molecule is CCc1nn(C)c(Nc2cccc(Cl)c2C)c1N. The van der Waals surface area contributed by atoms with E-state index in [0.717, 1.165) is 34.2 Å². The van der Waals surface area contributed by atoms with Crippen molar-refractivity contribution < 1.29 is 0 Å². The Hall–Kier alpha value is -1.68. The first-order chi connectivity index (χ1) is 8.54. The molecule has 96 valence electrons. The third kappa shape index (κ3) is 2.16. The molecule has 1 aromatic heterocycles. The molecule has 3 N–H and O–H groups in total. The number of hydrogen-bond donors (Lipinski definition) is 2. The van der Waals surface area contributed by atoms with Crippen LogP contribution in [-0.4, -0.2) is 9.78 Å². The molecule has 2 aromatic rings. The second-order valence-electron chi connectivity index (χ2n) is 4.22. The molecule has 0 saturated carbocycles. The van der Waals surface area contributed by atoms with Gasteiger partial charge in [-0.25, -0.2) is 0 Å². The van der Waals surface area contributed by atoms with E-state index in [9.17, 15) is 0 Å². The average Bonchev–Trinajstić information content (AvgIpc) is 2.62. The normalized spacial score (nSPS) is 10.7. The van der Waals surface area contributed by atoms with Crippen LogP contribution in [0.2, 0.25) is 5.02 Å². The summed E-state index contributed by atoms with van der Waals surface area (Å²) in [5.41, 5.74) is 9.61. The van der Waals surface area contributed by atoms with Gasteiger partial charge in [0.2, 0.25) is 0 Å². The van der Waals surface area contributed by atoms with Crippen LogP contribution < -0.4 is 11.1 Å². The van der Waals surface area contributed by atoms with E-state index in [0.29, 0.717) is 5.69 Å². The van der Waals surface area contributed by atoms with Gasteiger partial charge in [0.1, 0.15) is 0 Å². The number of rotatable bonds is 3. The van der Waals surface area contributed by atoms with Crippen molar-refractivity contribution in [3.63, 3.8) is 0 Å². The van der Waals surface area contributed by atoms with Crippen LogP contribution in [0.3, 0.4) is 0 Å². The van der Waals surface area contributed by atoms with E-state index < -0.39 is 0 Å². The van der Waals surface area contributed by atoms with Gasteiger partial charge in [0, 0.05) is 17.8 Å². The minimum Gasteiger partial charge on any atom is -0.394 e. The molecule has 18 heavy (non-hydrogen) atoms. The summed E-state index contributed by atoms with van der Waals surface area (Å²) in [4.78, 5) is 0. The van der Waals surface area contributed by atoms with Gasteiger partial charge in [-0.05, 0) is 31.0 Å². The highest BCUT2D eigenvalue weighted by Gasteiger charge is 2.13. The van der Waals surface area contributed by atoms with Gasteiger partial charge in [-0.2, -0.15) is 5.10 Å². The number of nitrogens with one attached hydrogen (secondary N) is 1. The summed E-state index contributed by atoms with van der Waals surface area (Å²) in [6.45, 7) is 4.01. The molecule has 0 aliphatic carbocycles. The van der Waals surface area contributed by atoms with Crippen LogP contribution in [0, 0.1) is 6.92 Å². The molecule has 0 aliphatic heterocycles. The molecule has 4 nitrogen and oxygen atoms in total. The van der Waals surface area contributed by atoms with Crippen molar-refractivity contribution in [2.24, 2.45) is 7.05 Å². The fraction of sp³-hybridized carbons (Fsp3) is 0.308. The molecule has 5 heteroatoms.